The summed E-state index contributed by atoms with van der Waals surface area (Å²) in [4.78, 5) is 19.1. The van der Waals surface area contributed by atoms with E-state index in [1.165, 1.54) is 7.11 Å². The normalized spacial score (nSPS) is 21.9. The van der Waals surface area contributed by atoms with Crippen molar-refractivity contribution in [1.82, 2.24) is 15.0 Å². The van der Waals surface area contributed by atoms with Crippen LogP contribution in [0.1, 0.15) is 35.8 Å². The van der Waals surface area contributed by atoms with Crippen molar-refractivity contribution >= 4 is 5.91 Å². The first-order chi connectivity index (χ1) is 11.6. The Balaban J connectivity index is 1.87. The lowest BCUT2D eigenvalue weighted by Gasteiger charge is -2.26. The summed E-state index contributed by atoms with van der Waals surface area (Å²) < 4.78 is 16.2. The zero-order chi connectivity index (χ0) is 17.1. The Morgan fingerprint density at radius 1 is 1.33 bits per heavy atom. The summed E-state index contributed by atoms with van der Waals surface area (Å²) in [5, 5.41) is 3.83. The van der Waals surface area contributed by atoms with Gasteiger partial charge in [0.15, 0.2) is 11.9 Å². The fourth-order valence-corrected chi connectivity index (χ4v) is 3.05. The van der Waals surface area contributed by atoms with Gasteiger partial charge in [-0.1, -0.05) is 35.5 Å². The van der Waals surface area contributed by atoms with E-state index >= 15 is 0 Å². The van der Waals surface area contributed by atoms with Crippen LogP contribution >= 0.6 is 0 Å². The Morgan fingerprint density at radius 2 is 2.08 bits per heavy atom. The van der Waals surface area contributed by atoms with Gasteiger partial charge in [-0.15, -0.1) is 0 Å². The van der Waals surface area contributed by atoms with E-state index in [9.17, 15) is 4.79 Å². The first-order valence-corrected chi connectivity index (χ1v) is 7.85. The summed E-state index contributed by atoms with van der Waals surface area (Å²) >= 11 is 0. The van der Waals surface area contributed by atoms with Crippen LogP contribution in [-0.2, 0) is 14.3 Å². The Bertz CT molecular complexity index is 688. The van der Waals surface area contributed by atoms with Crippen molar-refractivity contribution in [2.24, 2.45) is 0 Å². The van der Waals surface area contributed by atoms with E-state index in [0.717, 1.165) is 5.56 Å². The highest BCUT2D eigenvalue weighted by Gasteiger charge is 2.42. The SMILES string of the molecule is CO[C@@H]1C[C@H](c2nc(C)no2)N(C(=O)[C@H](OC)c2ccccc2)C1. The van der Waals surface area contributed by atoms with Gasteiger partial charge in [0.2, 0.25) is 5.89 Å². The molecule has 0 aliphatic carbocycles. The lowest BCUT2D eigenvalue weighted by molar-refractivity contribution is -0.144. The predicted octanol–water partition coefficient (Wildman–Crippen LogP) is 2.05. The van der Waals surface area contributed by atoms with Crippen LogP contribution in [0.15, 0.2) is 34.9 Å². The minimum atomic E-state index is -0.673. The Labute approximate surface area is 140 Å². The molecule has 3 atom stereocenters. The predicted molar refractivity (Wildman–Crippen MR) is 85.1 cm³/mol. The van der Waals surface area contributed by atoms with Gasteiger partial charge in [0, 0.05) is 27.2 Å². The first kappa shape index (κ1) is 16.6. The number of aryl methyl sites for hydroxylation is 1. The van der Waals surface area contributed by atoms with Gasteiger partial charge < -0.3 is 18.9 Å². The second kappa shape index (κ2) is 7.11. The van der Waals surface area contributed by atoms with Crippen LogP contribution in [0.2, 0.25) is 0 Å². The molecular weight excluding hydrogens is 310 g/mol. The fourth-order valence-electron chi connectivity index (χ4n) is 3.05. The molecule has 3 rings (SSSR count). The van der Waals surface area contributed by atoms with Crippen LogP contribution in [0, 0.1) is 6.92 Å². The maximum atomic E-state index is 13.1. The minimum Gasteiger partial charge on any atom is -0.380 e. The number of nitrogens with zero attached hydrogens (tertiary/aromatic N) is 3. The summed E-state index contributed by atoms with van der Waals surface area (Å²) in [5.74, 6) is 0.844. The standard InChI is InChI=1S/C17H21N3O4/c1-11-18-16(24-19-11)14-9-13(22-2)10-20(14)17(21)15(23-3)12-7-5-4-6-8-12/h4-8,13-15H,9-10H2,1-3H3/t13-,14-,15-/m1/s1. The van der Waals surface area contributed by atoms with E-state index in [1.54, 1.807) is 18.9 Å². The zero-order valence-corrected chi connectivity index (χ0v) is 14.0. The number of carbonyl (C=O) groups is 1. The van der Waals surface area contributed by atoms with E-state index in [0.29, 0.717) is 24.7 Å². The highest BCUT2D eigenvalue weighted by atomic mass is 16.5. The summed E-state index contributed by atoms with van der Waals surface area (Å²) in [6.45, 7) is 2.22. The van der Waals surface area contributed by atoms with Gasteiger partial charge in [-0.3, -0.25) is 4.79 Å². The molecule has 1 amide bonds. The summed E-state index contributed by atoms with van der Waals surface area (Å²) in [6.07, 6.45) is -0.123. The largest absolute Gasteiger partial charge is 0.380 e. The number of ether oxygens (including phenoxy) is 2. The van der Waals surface area contributed by atoms with Crippen LogP contribution in [-0.4, -0.2) is 47.8 Å². The molecule has 0 spiro atoms. The summed E-state index contributed by atoms with van der Waals surface area (Å²) in [5.41, 5.74) is 0.811. The van der Waals surface area contributed by atoms with Gasteiger partial charge in [0.1, 0.15) is 6.04 Å². The Hall–Kier alpha value is -2.25. The van der Waals surface area contributed by atoms with Crippen LogP contribution in [0.5, 0.6) is 0 Å². The van der Waals surface area contributed by atoms with Gasteiger partial charge >= 0.3 is 0 Å². The van der Waals surface area contributed by atoms with Gasteiger partial charge in [-0.25, -0.2) is 0 Å². The van der Waals surface area contributed by atoms with Crippen LogP contribution in [0.4, 0.5) is 0 Å². The molecule has 0 N–H and O–H groups in total. The molecular formula is C17H21N3O4. The molecule has 0 saturated carbocycles. The number of amides is 1. The number of methoxy groups -OCH3 is 2. The molecule has 0 unspecified atom stereocenters. The van der Waals surface area contributed by atoms with E-state index in [4.69, 9.17) is 14.0 Å². The average molecular weight is 331 g/mol. The molecule has 24 heavy (non-hydrogen) atoms. The summed E-state index contributed by atoms with van der Waals surface area (Å²) in [7, 11) is 3.17. The topological polar surface area (TPSA) is 77.7 Å². The number of carbonyl (C=O) groups excluding carboxylic acids is 1. The summed E-state index contributed by atoms with van der Waals surface area (Å²) in [6, 6.07) is 9.13. The van der Waals surface area contributed by atoms with E-state index in [-0.39, 0.29) is 18.1 Å². The van der Waals surface area contributed by atoms with Crippen molar-refractivity contribution in [3.05, 3.63) is 47.6 Å². The maximum absolute atomic E-state index is 13.1. The van der Waals surface area contributed by atoms with Gasteiger partial charge in [-0.2, -0.15) is 4.98 Å². The molecule has 7 nitrogen and oxygen atoms in total. The maximum Gasteiger partial charge on any atom is 0.257 e. The number of hydrogen-bond acceptors (Lipinski definition) is 6. The van der Waals surface area contributed by atoms with Crippen molar-refractivity contribution in [2.45, 2.75) is 31.6 Å². The van der Waals surface area contributed by atoms with Gasteiger partial charge in [0.05, 0.1) is 6.10 Å². The third-order valence-corrected chi connectivity index (χ3v) is 4.27. The quantitative estimate of drug-likeness (QED) is 0.834. The zero-order valence-electron chi connectivity index (χ0n) is 14.0. The van der Waals surface area contributed by atoms with E-state index in [1.807, 2.05) is 30.3 Å². The van der Waals surface area contributed by atoms with Gasteiger partial charge in [0.25, 0.3) is 5.91 Å². The van der Waals surface area contributed by atoms with Crippen molar-refractivity contribution in [3.8, 4) is 0 Å². The van der Waals surface area contributed by atoms with Crippen molar-refractivity contribution in [1.29, 1.82) is 0 Å². The minimum absolute atomic E-state index is 0.0700. The molecule has 1 aliphatic rings. The molecule has 128 valence electrons. The molecule has 0 radical (unpaired) electrons. The lowest BCUT2D eigenvalue weighted by Crippen LogP contribution is -2.36. The van der Waals surface area contributed by atoms with E-state index in [2.05, 4.69) is 10.1 Å². The van der Waals surface area contributed by atoms with Crippen LogP contribution in [0.25, 0.3) is 0 Å². The van der Waals surface area contributed by atoms with E-state index < -0.39 is 6.10 Å². The molecule has 1 saturated heterocycles. The lowest BCUT2D eigenvalue weighted by atomic mass is 10.1. The molecule has 1 aromatic heterocycles. The fraction of sp³-hybridized carbons (Fsp3) is 0.471. The Kier molecular flexibility index (Phi) is 4.92. The number of aromatic nitrogens is 2. The molecule has 1 aliphatic heterocycles. The number of rotatable bonds is 5. The Morgan fingerprint density at radius 3 is 2.67 bits per heavy atom. The molecule has 1 aromatic carbocycles. The van der Waals surface area contributed by atoms with Crippen LogP contribution < -0.4 is 0 Å². The molecule has 7 heteroatoms. The number of benzene rings is 1. The second-order valence-electron chi connectivity index (χ2n) is 5.81. The molecule has 1 fully saturated rings. The van der Waals surface area contributed by atoms with Crippen LogP contribution in [0.3, 0.4) is 0 Å². The van der Waals surface area contributed by atoms with Crippen molar-refractivity contribution in [2.75, 3.05) is 20.8 Å². The third kappa shape index (κ3) is 3.18. The van der Waals surface area contributed by atoms with Crippen molar-refractivity contribution in [3.63, 3.8) is 0 Å². The molecule has 2 heterocycles. The third-order valence-electron chi connectivity index (χ3n) is 4.27. The van der Waals surface area contributed by atoms with Crippen molar-refractivity contribution < 1.29 is 18.8 Å². The number of likely N-dealkylation sites (tertiary alicyclic amines) is 1. The molecule has 2 aromatic rings. The average Bonchev–Trinajstić information content (AvgIpc) is 3.22. The smallest absolute Gasteiger partial charge is 0.257 e. The monoisotopic (exact) mass is 331 g/mol. The van der Waals surface area contributed by atoms with Gasteiger partial charge in [-0.05, 0) is 12.5 Å². The first-order valence-electron chi connectivity index (χ1n) is 7.85. The molecule has 0 bridgehead atoms. The number of hydrogen-bond donors (Lipinski definition) is 0. The highest BCUT2D eigenvalue weighted by molar-refractivity contribution is 5.83. The highest BCUT2D eigenvalue weighted by Crippen LogP contribution is 2.35. The second-order valence-corrected chi connectivity index (χ2v) is 5.81.